The van der Waals surface area contributed by atoms with Crippen molar-refractivity contribution in [2.45, 2.75) is 65.6 Å². The Bertz CT molecular complexity index is 1090. The SMILES string of the molecule is CCOc1ccc2[nH]c(=O)c(CN(CCO)C(CC)c3nnnn3C(C)(C)CC)cc2c1. The van der Waals surface area contributed by atoms with Gasteiger partial charge in [0, 0.05) is 29.6 Å². The minimum Gasteiger partial charge on any atom is -0.494 e. The fourth-order valence-electron chi connectivity index (χ4n) is 3.88. The number of aromatic nitrogens is 5. The van der Waals surface area contributed by atoms with E-state index in [-0.39, 0.29) is 23.7 Å². The molecule has 0 aliphatic heterocycles. The van der Waals surface area contributed by atoms with Gasteiger partial charge in [-0.25, -0.2) is 4.68 Å². The van der Waals surface area contributed by atoms with E-state index >= 15 is 0 Å². The van der Waals surface area contributed by atoms with Crippen LogP contribution < -0.4 is 10.3 Å². The van der Waals surface area contributed by atoms with E-state index in [1.165, 1.54) is 0 Å². The van der Waals surface area contributed by atoms with Gasteiger partial charge in [0.2, 0.25) is 0 Å². The standard InChI is InChI=1S/C23H34N6O3/c1-6-20(21-25-26-27-29(21)23(4,5)7-2)28(11-12-30)15-17-13-16-14-18(32-8-3)9-10-19(16)24-22(17)31/h9-10,13-14,20,30H,6-8,11-12,15H2,1-5H3,(H,24,31). The van der Waals surface area contributed by atoms with Gasteiger partial charge in [0.25, 0.3) is 5.56 Å². The third kappa shape index (κ3) is 4.99. The minimum absolute atomic E-state index is 0.0325. The van der Waals surface area contributed by atoms with Crippen LogP contribution in [0, 0.1) is 0 Å². The molecule has 0 aliphatic rings. The molecule has 0 aliphatic carbocycles. The number of fused-ring (bicyclic) bond motifs is 1. The van der Waals surface area contributed by atoms with Gasteiger partial charge in [0.1, 0.15) is 5.75 Å². The molecule has 2 heterocycles. The van der Waals surface area contributed by atoms with E-state index < -0.39 is 0 Å². The highest BCUT2D eigenvalue weighted by molar-refractivity contribution is 5.80. The number of aromatic amines is 1. The first-order valence-corrected chi connectivity index (χ1v) is 11.3. The average molecular weight is 443 g/mol. The maximum atomic E-state index is 12.8. The third-order valence-corrected chi connectivity index (χ3v) is 6.02. The molecule has 2 aromatic heterocycles. The lowest BCUT2D eigenvalue weighted by atomic mass is 10.0. The monoisotopic (exact) mass is 442 g/mol. The van der Waals surface area contributed by atoms with Crippen molar-refractivity contribution in [3.05, 3.63) is 46.0 Å². The normalized spacial score (nSPS) is 13.1. The molecule has 0 saturated heterocycles. The molecule has 0 spiro atoms. The predicted octanol–water partition coefficient (Wildman–Crippen LogP) is 3.00. The van der Waals surface area contributed by atoms with Crippen molar-refractivity contribution < 1.29 is 9.84 Å². The zero-order valence-electron chi connectivity index (χ0n) is 19.6. The Morgan fingerprint density at radius 2 is 2.03 bits per heavy atom. The van der Waals surface area contributed by atoms with E-state index in [0.29, 0.717) is 25.3 Å². The topological polar surface area (TPSA) is 109 Å². The second-order valence-electron chi connectivity index (χ2n) is 8.54. The van der Waals surface area contributed by atoms with Gasteiger partial charge in [-0.05, 0) is 68.3 Å². The summed E-state index contributed by atoms with van der Waals surface area (Å²) in [5.74, 6) is 1.50. The molecule has 3 rings (SSSR count). The Morgan fingerprint density at radius 1 is 1.25 bits per heavy atom. The number of hydrogen-bond acceptors (Lipinski definition) is 7. The molecule has 0 saturated carbocycles. The Balaban J connectivity index is 1.98. The Kier molecular flexibility index (Phi) is 7.63. The molecular formula is C23H34N6O3. The molecule has 9 nitrogen and oxygen atoms in total. The molecule has 0 amide bonds. The van der Waals surface area contributed by atoms with E-state index in [1.807, 2.05) is 35.9 Å². The van der Waals surface area contributed by atoms with Crippen LogP contribution in [-0.4, -0.2) is 55.0 Å². The summed E-state index contributed by atoms with van der Waals surface area (Å²) in [5.41, 5.74) is 0.990. The first-order chi connectivity index (χ1) is 15.3. The maximum Gasteiger partial charge on any atom is 0.252 e. The van der Waals surface area contributed by atoms with Gasteiger partial charge in [-0.1, -0.05) is 13.8 Å². The summed E-state index contributed by atoms with van der Waals surface area (Å²) in [7, 11) is 0. The average Bonchev–Trinajstić information content (AvgIpc) is 3.26. The van der Waals surface area contributed by atoms with Gasteiger partial charge < -0.3 is 14.8 Å². The van der Waals surface area contributed by atoms with Crippen molar-refractivity contribution in [3.8, 4) is 5.75 Å². The molecule has 2 N–H and O–H groups in total. The molecule has 3 aromatic rings. The van der Waals surface area contributed by atoms with Crippen LogP contribution in [0.15, 0.2) is 29.1 Å². The van der Waals surface area contributed by atoms with Crippen molar-refractivity contribution in [2.24, 2.45) is 0 Å². The molecule has 0 bridgehead atoms. The molecule has 9 heteroatoms. The molecular weight excluding hydrogens is 408 g/mol. The number of aliphatic hydroxyl groups excluding tert-OH is 1. The molecule has 1 aromatic carbocycles. The van der Waals surface area contributed by atoms with Crippen molar-refractivity contribution in [3.63, 3.8) is 0 Å². The van der Waals surface area contributed by atoms with Crippen LogP contribution in [0.3, 0.4) is 0 Å². The molecule has 0 radical (unpaired) electrons. The predicted molar refractivity (Wildman–Crippen MR) is 124 cm³/mol. The molecule has 0 fully saturated rings. The lowest BCUT2D eigenvalue weighted by Gasteiger charge is -2.32. The lowest BCUT2D eigenvalue weighted by molar-refractivity contribution is 0.125. The number of rotatable bonds is 11. The van der Waals surface area contributed by atoms with Crippen LogP contribution in [0.4, 0.5) is 0 Å². The quantitative estimate of drug-likeness (QED) is 0.470. The second kappa shape index (κ2) is 10.2. The van der Waals surface area contributed by atoms with Crippen LogP contribution >= 0.6 is 0 Å². The number of nitrogens with one attached hydrogen (secondary N) is 1. The van der Waals surface area contributed by atoms with Gasteiger partial charge in [0.15, 0.2) is 5.82 Å². The number of H-pyrrole nitrogens is 1. The van der Waals surface area contributed by atoms with Gasteiger partial charge in [0.05, 0.1) is 24.8 Å². The molecule has 174 valence electrons. The number of ether oxygens (including phenoxy) is 1. The molecule has 32 heavy (non-hydrogen) atoms. The van der Waals surface area contributed by atoms with Crippen molar-refractivity contribution in [1.82, 2.24) is 30.1 Å². The summed E-state index contributed by atoms with van der Waals surface area (Å²) in [5, 5.41) is 23.2. The van der Waals surface area contributed by atoms with Crippen molar-refractivity contribution in [1.29, 1.82) is 0 Å². The van der Waals surface area contributed by atoms with Crippen LogP contribution in [0.5, 0.6) is 5.75 Å². The van der Waals surface area contributed by atoms with Crippen LogP contribution in [-0.2, 0) is 12.1 Å². The number of tetrazole rings is 1. The molecule has 1 atom stereocenters. The molecule has 1 unspecified atom stereocenters. The summed E-state index contributed by atoms with van der Waals surface area (Å²) in [6.45, 7) is 11.6. The zero-order valence-corrected chi connectivity index (χ0v) is 19.6. The number of aliphatic hydroxyl groups is 1. The van der Waals surface area contributed by atoms with E-state index in [0.717, 1.165) is 35.3 Å². The van der Waals surface area contributed by atoms with E-state index in [1.54, 1.807) is 0 Å². The van der Waals surface area contributed by atoms with Gasteiger partial charge >= 0.3 is 0 Å². The summed E-state index contributed by atoms with van der Waals surface area (Å²) < 4.78 is 7.47. The highest BCUT2D eigenvalue weighted by atomic mass is 16.5. The smallest absolute Gasteiger partial charge is 0.252 e. The highest BCUT2D eigenvalue weighted by Gasteiger charge is 2.30. The second-order valence-corrected chi connectivity index (χ2v) is 8.54. The van der Waals surface area contributed by atoms with Gasteiger partial charge in [-0.2, -0.15) is 0 Å². The van der Waals surface area contributed by atoms with E-state index in [4.69, 9.17) is 4.74 Å². The largest absolute Gasteiger partial charge is 0.494 e. The fourth-order valence-corrected chi connectivity index (χ4v) is 3.88. The summed E-state index contributed by atoms with van der Waals surface area (Å²) in [4.78, 5) is 17.9. The van der Waals surface area contributed by atoms with Gasteiger partial charge in [-0.15, -0.1) is 5.10 Å². The highest BCUT2D eigenvalue weighted by Crippen LogP contribution is 2.29. The van der Waals surface area contributed by atoms with Crippen molar-refractivity contribution in [2.75, 3.05) is 19.8 Å². The lowest BCUT2D eigenvalue weighted by Crippen LogP contribution is -2.37. The first-order valence-electron chi connectivity index (χ1n) is 11.3. The Hall–Kier alpha value is -2.78. The first kappa shape index (κ1) is 23.9. The third-order valence-electron chi connectivity index (χ3n) is 6.02. The van der Waals surface area contributed by atoms with Crippen LogP contribution in [0.1, 0.15) is 64.9 Å². The van der Waals surface area contributed by atoms with E-state index in [9.17, 15) is 9.90 Å². The zero-order chi connectivity index (χ0) is 23.3. The Labute approximate surface area is 188 Å². The van der Waals surface area contributed by atoms with Crippen LogP contribution in [0.2, 0.25) is 0 Å². The van der Waals surface area contributed by atoms with Gasteiger partial charge in [-0.3, -0.25) is 9.69 Å². The fraction of sp³-hybridized carbons (Fsp3) is 0.565. The number of nitrogens with zero attached hydrogens (tertiary/aromatic N) is 5. The Morgan fingerprint density at radius 3 is 2.69 bits per heavy atom. The summed E-state index contributed by atoms with van der Waals surface area (Å²) >= 11 is 0. The van der Waals surface area contributed by atoms with E-state index in [2.05, 4.69) is 53.1 Å². The van der Waals surface area contributed by atoms with Crippen LogP contribution in [0.25, 0.3) is 10.9 Å². The number of benzene rings is 1. The minimum atomic E-state index is -0.243. The maximum absolute atomic E-state index is 12.8. The number of hydrogen-bond donors (Lipinski definition) is 2. The summed E-state index contributed by atoms with van der Waals surface area (Å²) in [6, 6.07) is 7.38. The number of pyridine rings is 1. The summed E-state index contributed by atoms with van der Waals surface area (Å²) in [6.07, 6.45) is 1.61. The van der Waals surface area contributed by atoms with Crippen molar-refractivity contribution >= 4 is 10.9 Å².